The fraction of sp³-hybridized carbons (Fsp3) is 0.250. The number of aromatic hydroxyl groups is 1. The number of thioether (sulfide) groups is 1. The lowest BCUT2D eigenvalue weighted by molar-refractivity contribution is -0.113. The molecule has 7 nitrogen and oxygen atoms in total. The summed E-state index contributed by atoms with van der Waals surface area (Å²) in [4.78, 5) is 12.2. The van der Waals surface area contributed by atoms with E-state index in [1.54, 1.807) is 18.2 Å². The minimum Gasteiger partial charge on any atom is -0.508 e. The molecule has 29 heavy (non-hydrogen) atoms. The van der Waals surface area contributed by atoms with Crippen molar-refractivity contribution in [3.05, 3.63) is 59.4 Å². The van der Waals surface area contributed by atoms with Gasteiger partial charge in [-0.05, 0) is 49.2 Å². The number of benzene rings is 2. The minimum atomic E-state index is -0.153. The maximum atomic E-state index is 12.2. The molecule has 1 aromatic heterocycles. The van der Waals surface area contributed by atoms with Crippen LogP contribution in [0.1, 0.15) is 24.7 Å². The van der Waals surface area contributed by atoms with Gasteiger partial charge in [0.15, 0.2) is 11.0 Å². The van der Waals surface area contributed by atoms with E-state index in [2.05, 4.69) is 20.1 Å². The zero-order valence-electron chi connectivity index (χ0n) is 15.4. The van der Waals surface area contributed by atoms with Crippen LogP contribution in [0.2, 0.25) is 5.02 Å². The second-order valence-electron chi connectivity index (χ2n) is 6.60. The van der Waals surface area contributed by atoms with Crippen molar-refractivity contribution in [3.63, 3.8) is 0 Å². The molecule has 0 bridgehead atoms. The van der Waals surface area contributed by atoms with Crippen LogP contribution in [0.5, 0.6) is 11.5 Å². The van der Waals surface area contributed by atoms with E-state index in [0.29, 0.717) is 33.5 Å². The Bertz CT molecular complexity index is 1010. The second kappa shape index (κ2) is 8.75. The fourth-order valence-electron chi connectivity index (χ4n) is 2.78. The molecule has 1 fully saturated rings. The van der Waals surface area contributed by atoms with E-state index in [1.807, 2.05) is 18.2 Å². The highest BCUT2D eigenvalue weighted by Gasteiger charge is 2.30. The highest BCUT2D eigenvalue weighted by Crippen LogP contribution is 2.39. The number of carbonyl (C=O) groups excluding carboxylic acids is 1. The quantitative estimate of drug-likeness (QED) is 0.409. The van der Waals surface area contributed by atoms with E-state index >= 15 is 0 Å². The molecule has 1 heterocycles. The van der Waals surface area contributed by atoms with E-state index in [-0.39, 0.29) is 24.0 Å². The average Bonchev–Trinajstić information content (AvgIpc) is 3.47. The number of hydrogen-bond donors (Lipinski definition) is 2. The monoisotopic (exact) mass is 430 g/mol. The molecule has 0 radical (unpaired) electrons. The maximum absolute atomic E-state index is 12.2. The van der Waals surface area contributed by atoms with Gasteiger partial charge in [0.25, 0.3) is 0 Å². The van der Waals surface area contributed by atoms with Gasteiger partial charge in [0.05, 0.1) is 10.8 Å². The highest BCUT2D eigenvalue weighted by atomic mass is 35.5. The number of nitrogens with one attached hydrogen (secondary N) is 1. The van der Waals surface area contributed by atoms with Crippen LogP contribution in [0, 0.1) is 0 Å². The van der Waals surface area contributed by atoms with Crippen molar-refractivity contribution in [2.75, 3.05) is 11.1 Å². The number of hydrogen-bond acceptors (Lipinski definition) is 6. The Kier molecular flexibility index (Phi) is 5.92. The summed E-state index contributed by atoms with van der Waals surface area (Å²) in [5.41, 5.74) is 0.630. The van der Waals surface area contributed by atoms with Crippen LogP contribution < -0.4 is 10.1 Å². The number of anilines is 1. The zero-order chi connectivity index (χ0) is 20.2. The number of aromatic nitrogens is 3. The number of nitrogens with zero attached hydrogens (tertiary/aromatic N) is 3. The van der Waals surface area contributed by atoms with Crippen LogP contribution in [0.4, 0.5) is 5.69 Å². The summed E-state index contributed by atoms with van der Waals surface area (Å²) in [6, 6.07) is 14.0. The Labute approximate surface area is 177 Å². The molecule has 1 aliphatic carbocycles. The Morgan fingerprint density at radius 1 is 1.21 bits per heavy atom. The molecule has 0 spiro atoms. The van der Waals surface area contributed by atoms with E-state index in [9.17, 15) is 9.90 Å². The molecule has 0 aliphatic heterocycles. The average molecular weight is 431 g/mol. The van der Waals surface area contributed by atoms with Crippen LogP contribution in [-0.2, 0) is 11.4 Å². The molecule has 4 rings (SSSR count). The van der Waals surface area contributed by atoms with Crippen molar-refractivity contribution in [2.45, 2.75) is 30.6 Å². The molecule has 1 saturated carbocycles. The van der Waals surface area contributed by atoms with Gasteiger partial charge in [0.2, 0.25) is 5.91 Å². The van der Waals surface area contributed by atoms with Crippen LogP contribution in [-0.4, -0.2) is 31.5 Å². The number of para-hydroxylation sites is 1. The lowest BCUT2D eigenvalue weighted by Crippen LogP contribution is -2.14. The van der Waals surface area contributed by atoms with E-state index < -0.39 is 0 Å². The van der Waals surface area contributed by atoms with Gasteiger partial charge in [0, 0.05) is 11.7 Å². The largest absolute Gasteiger partial charge is 0.508 e. The third-order valence-corrected chi connectivity index (χ3v) is 5.58. The van der Waals surface area contributed by atoms with Crippen molar-refractivity contribution in [1.82, 2.24) is 14.8 Å². The predicted molar refractivity (Wildman–Crippen MR) is 112 cm³/mol. The molecule has 3 aromatic rings. The summed E-state index contributed by atoms with van der Waals surface area (Å²) in [6.45, 7) is 0.257. The van der Waals surface area contributed by atoms with Crippen molar-refractivity contribution >= 4 is 35.0 Å². The zero-order valence-corrected chi connectivity index (χ0v) is 17.0. The first-order chi connectivity index (χ1) is 14.1. The Morgan fingerprint density at radius 3 is 2.69 bits per heavy atom. The maximum Gasteiger partial charge on any atom is 0.234 e. The fourth-order valence-corrected chi connectivity index (χ4v) is 3.79. The first-order valence-electron chi connectivity index (χ1n) is 9.13. The van der Waals surface area contributed by atoms with E-state index in [0.717, 1.165) is 12.8 Å². The summed E-state index contributed by atoms with van der Waals surface area (Å²) in [7, 11) is 0. The Balaban J connectivity index is 1.38. The van der Waals surface area contributed by atoms with Gasteiger partial charge in [0.1, 0.15) is 18.1 Å². The van der Waals surface area contributed by atoms with Crippen LogP contribution in [0.3, 0.4) is 0 Å². The van der Waals surface area contributed by atoms with E-state index in [1.165, 1.54) is 23.9 Å². The van der Waals surface area contributed by atoms with Crippen molar-refractivity contribution < 1.29 is 14.6 Å². The van der Waals surface area contributed by atoms with Gasteiger partial charge in [-0.2, -0.15) is 0 Å². The number of ether oxygens (including phenoxy) is 1. The molecule has 1 amide bonds. The minimum absolute atomic E-state index is 0.153. The molecule has 1 aliphatic rings. The van der Waals surface area contributed by atoms with Crippen LogP contribution in [0.15, 0.2) is 53.7 Å². The summed E-state index contributed by atoms with van der Waals surface area (Å²) in [5, 5.41) is 21.9. The SMILES string of the molecule is O=C(CSc1nnc(COc2ccccc2Cl)n1C1CC1)Nc1ccc(O)cc1. The van der Waals surface area contributed by atoms with Crippen molar-refractivity contribution in [1.29, 1.82) is 0 Å². The molecule has 0 unspecified atom stereocenters. The number of carbonyl (C=O) groups is 1. The lowest BCUT2D eigenvalue weighted by atomic mass is 10.3. The van der Waals surface area contributed by atoms with Crippen LogP contribution in [0.25, 0.3) is 0 Å². The standard InChI is InChI=1S/C20H19ClN4O3S/c21-16-3-1-2-4-17(16)28-11-18-23-24-20(25(18)14-7-8-14)29-12-19(27)22-13-5-9-15(26)10-6-13/h1-6,9-10,14,26H,7-8,11-12H2,(H,22,27). The first kappa shape index (κ1) is 19.6. The Morgan fingerprint density at radius 2 is 1.97 bits per heavy atom. The molecular formula is C20H19ClN4O3S. The van der Waals surface area contributed by atoms with Crippen molar-refractivity contribution in [2.24, 2.45) is 0 Å². The number of rotatable bonds is 8. The number of amides is 1. The Hall–Kier alpha value is -2.71. The van der Waals surface area contributed by atoms with E-state index in [4.69, 9.17) is 16.3 Å². The molecule has 2 N–H and O–H groups in total. The molecular weight excluding hydrogens is 412 g/mol. The topological polar surface area (TPSA) is 89.3 Å². The van der Waals surface area contributed by atoms with Gasteiger partial charge in [-0.25, -0.2) is 0 Å². The third kappa shape index (κ3) is 5.02. The summed E-state index contributed by atoms with van der Waals surface area (Å²) >= 11 is 7.48. The predicted octanol–water partition coefficient (Wildman–Crippen LogP) is 4.28. The normalized spacial score (nSPS) is 13.3. The van der Waals surface area contributed by atoms with Gasteiger partial charge in [-0.15, -0.1) is 10.2 Å². The van der Waals surface area contributed by atoms with Crippen molar-refractivity contribution in [3.8, 4) is 11.5 Å². The third-order valence-electron chi connectivity index (χ3n) is 4.32. The van der Waals surface area contributed by atoms with Gasteiger partial charge in [-0.1, -0.05) is 35.5 Å². The molecule has 9 heteroatoms. The summed E-state index contributed by atoms with van der Waals surface area (Å²) < 4.78 is 7.86. The molecule has 2 aromatic carbocycles. The number of phenolic OH excluding ortho intramolecular Hbond substituents is 1. The first-order valence-corrected chi connectivity index (χ1v) is 10.5. The summed E-state index contributed by atoms with van der Waals surface area (Å²) in [5.74, 6) is 1.52. The molecule has 0 saturated heterocycles. The molecule has 0 atom stereocenters. The van der Waals surface area contributed by atoms with Gasteiger partial charge >= 0.3 is 0 Å². The van der Waals surface area contributed by atoms with Crippen LogP contribution >= 0.6 is 23.4 Å². The van der Waals surface area contributed by atoms with Gasteiger partial charge < -0.3 is 15.2 Å². The number of phenols is 1. The smallest absolute Gasteiger partial charge is 0.234 e. The summed E-state index contributed by atoms with van der Waals surface area (Å²) in [6.07, 6.45) is 2.12. The lowest BCUT2D eigenvalue weighted by Gasteiger charge is -2.11. The van der Waals surface area contributed by atoms with Gasteiger partial charge in [-0.3, -0.25) is 9.36 Å². The molecule has 150 valence electrons. The highest BCUT2D eigenvalue weighted by molar-refractivity contribution is 7.99. The number of halogens is 1. The second-order valence-corrected chi connectivity index (χ2v) is 7.95.